The van der Waals surface area contributed by atoms with Crippen LogP contribution in [0.5, 0.6) is 5.75 Å². The Morgan fingerprint density at radius 3 is 2.43 bits per heavy atom. The summed E-state index contributed by atoms with van der Waals surface area (Å²) in [4.78, 5) is 14.2. The van der Waals surface area contributed by atoms with E-state index in [0.717, 1.165) is 51.4 Å². The van der Waals surface area contributed by atoms with E-state index in [1.54, 1.807) is 0 Å². The second kappa shape index (κ2) is 7.66. The quantitative estimate of drug-likeness (QED) is 0.924. The smallest absolute Gasteiger partial charge is 0.228 e. The van der Waals surface area contributed by atoms with Gasteiger partial charge in [0, 0.05) is 26.2 Å². The molecule has 0 saturated carbocycles. The molecule has 0 radical (unpaired) electrons. The number of carbonyl (C=O) groups is 1. The molecule has 2 aliphatic rings. The standard InChI is InChI=1S/C16H22N2O2.ClH/c19-16(14-10-17-11-14)18-8-6-13(7-9-18)12-20-15-4-2-1-3-5-15;/h1-5,13-14,17H,6-12H2;1H. The SMILES string of the molecule is Cl.O=C(C1CNC1)N1CCC(COc2ccccc2)CC1. The molecule has 0 spiro atoms. The minimum absolute atomic E-state index is 0. The molecule has 1 aromatic rings. The van der Waals surface area contributed by atoms with E-state index in [9.17, 15) is 4.79 Å². The van der Waals surface area contributed by atoms with Crippen LogP contribution >= 0.6 is 12.4 Å². The molecular formula is C16H23ClN2O2. The second-order valence-corrected chi connectivity index (χ2v) is 5.75. The van der Waals surface area contributed by atoms with Crippen molar-refractivity contribution in [2.75, 3.05) is 32.8 Å². The highest BCUT2D eigenvalue weighted by Crippen LogP contribution is 2.21. The van der Waals surface area contributed by atoms with E-state index in [0.29, 0.717) is 11.8 Å². The van der Waals surface area contributed by atoms with Gasteiger partial charge in [0.15, 0.2) is 0 Å². The molecule has 21 heavy (non-hydrogen) atoms. The molecule has 2 heterocycles. The van der Waals surface area contributed by atoms with Crippen molar-refractivity contribution in [3.63, 3.8) is 0 Å². The van der Waals surface area contributed by atoms with E-state index in [2.05, 4.69) is 5.32 Å². The number of hydrogen-bond acceptors (Lipinski definition) is 3. The zero-order valence-corrected chi connectivity index (χ0v) is 13.0. The average Bonchev–Trinajstić information content (AvgIpc) is 2.45. The molecule has 0 unspecified atom stereocenters. The highest BCUT2D eigenvalue weighted by molar-refractivity contribution is 5.85. The third-order valence-electron chi connectivity index (χ3n) is 4.29. The van der Waals surface area contributed by atoms with E-state index < -0.39 is 0 Å². The predicted molar refractivity (Wildman–Crippen MR) is 84.8 cm³/mol. The van der Waals surface area contributed by atoms with Gasteiger partial charge in [0.05, 0.1) is 12.5 Å². The summed E-state index contributed by atoms with van der Waals surface area (Å²) < 4.78 is 5.81. The molecule has 5 heteroatoms. The number of piperidine rings is 1. The maximum Gasteiger partial charge on any atom is 0.228 e. The Morgan fingerprint density at radius 1 is 1.19 bits per heavy atom. The lowest BCUT2D eigenvalue weighted by Crippen LogP contribution is -2.53. The van der Waals surface area contributed by atoms with Gasteiger partial charge in [0.25, 0.3) is 0 Å². The number of nitrogens with one attached hydrogen (secondary N) is 1. The first-order chi connectivity index (χ1) is 9.83. The first kappa shape index (κ1) is 16.1. The molecule has 4 nitrogen and oxygen atoms in total. The number of amides is 1. The highest BCUT2D eigenvalue weighted by Gasteiger charge is 2.31. The number of hydrogen-bond donors (Lipinski definition) is 1. The fraction of sp³-hybridized carbons (Fsp3) is 0.562. The van der Waals surface area contributed by atoms with Crippen molar-refractivity contribution >= 4 is 18.3 Å². The first-order valence-corrected chi connectivity index (χ1v) is 7.50. The van der Waals surface area contributed by atoms with Crippen molar-refractivity contribution in [3.05, 3.63) is 30.3 Å². The molecule has 0 atom stereocenters. The summed E-state index contributed by atoms with van der Waals surface area (Å²) in [6.07, 6.45) is 2.11. The van der Waals surface area contributed by atoms with Crippen LogP contribution in [0.25, 0.3) is 0 Å². The Labute approximate surface area is 132 Å². The first-order valence-electron chi connectivity index (χ1n) is 7.50. The van der Waals surface area contributed by atoms with E-state index in [-0.39, 0.29) is 18.3 Å². The lowest BCUT2D eigenvalue weighted by Gasteiger charge is -2.36. The molecule has 3 rings (SSSR count). The number of nitrogens with zero attached hydrogens (tertiary/aromatic N) is 1. The molecule has 0 aliphatic carbocycles. The summed E-state index contributed by atoms with van der Waals surface area (Å²) in [7, 11) is 0. The zero-order chi connectivity index (χ0) is 13.8. The summed E-state index contributed by atoms with van der Waals surface area (Å²) in [6, 6.07) is 9.95. The van der Waals surface area contributed by atoms with E-state index in [4.69, 9.17) is 4.74 Å². The summed E-state index contributed by atoms with van der Waals surface area (Å²) in [6.45, 7) is 4.25. The third kappa shape index (κ3) is 4.11. The zero-order valence-electron chi connectivity index (χ0n) is 12.2. The largest absolute Gasteiger partial charge is 0.493 e. The van der Waals surface area contributed by atoms with Gasteiger partial charge < -0.3 is 15.0 Å². The van der Waals surface area contributed by atoms with Crippen molar-refractivity contribution in [3.8, 4) is 5.75 Å². The van der Waals surface area contributed by atoms with Gasteiger partial charge in [-0.05, 0) is 30.9 Å². The van der Waals surface area contributed by atoms with Gasteiger partial charge in [-0.25, -0.2) is 0 Å². The third-order valence-corrected chi connectivity index (χ3v) is 4.29. The molecular weight excluding hydrogens is 288 g/mol. The number of ether oxygens (including phenoxy) is 1. The molecule has 1 aromatic carbocycles. The molecule has 2 fully saturated rings. The summed E-state index contributed by atoms with van der Waals surface area (Å²) >= 11 is 0. The summed E-state index contributed by atoms with van der Waals surface area (Å²) in [5, 5.41) is 3.16. The number of para-hydroxylation sites is 1. The van der Waals surface area contributed by atoms with E-state index >= 15 is 0 Å². The van der Waals surface area contributed by atoms with Crippen molar-refractivity contribution in [1.82, 2.24) is 10.2 Å². The van der Waals surface area contributed by atoms with Crippen molar-refractivity contribution in [2.45, 2.75) is 12.8 Å². The Hall–Kier alpha value is -1.26. The topological polar surface area (TPSA) is 41.6 Å². The van der Waals surface area contributed by atoms with Crippen LogP contribution in [-0.4, -0.2) is 43.6 Å². The Bertz CT molecular complexity index is 443. The van der Waals surface area contributed by atoms with Gasteiger partial charge in [-0.1, -0.05) is 18.2 Å². The van der Waals surface area contributed by atoms with Gasteiger partial charge in [0.1, 0.15) is 5.75 Å². The Morgan fingerprint density at radius 2 is 1.86 bits per heavy atom. The molecule has 0 aromatic heterocycles. The number of rotatable bonds is 4. The molecule has 2 aliphatic heterocycles. The number of halogens is 1. The maximum absolute atomic E-state index is 12.1. The molecule has 1 N–H and O–H groups in total. The van der Waals surface area contributed by atoms with Crippen molar-refractivity contribution in [2.24, 2.45) is 11.8 Å². The highest BCUT2D eigenvalue weighted by atomic mass is 35.5. The maximum atomic E-state index is 12.1. The van der Waals surface area contributed by atoms with Crippen LogP contribution in [0.1, 0.15) is 12.8 Å². The van der Waals surface area contributed by atoms with Crippen LogP contribution in [0.4, 0.5) is 0 Å². The van der Waals surface area contributed by atoms with Gasteiger partial charge in [-0.3, -0.25) is 4.79 Å². The fourth-order valence-electron chi connectivity index (χ4n) is 2.77. The predicted octanol–water partition coefficient (Wildman–Crippen LogP) is 1.95. The number of benzene rings is 1. The van der Waals surface area contributed by atoms with Gasteiger partial charge >= 0.3 is 0 Å². The fourth-order valence-corrected chi connectivity index (χ4v) is 2.77. The Kier molecular flexibility index (Phi) is 5.88. The van der Waals surface area contributed by atoms with Crippen LogP contribution in [0.2, 0.25) is 0 Å². The minimum atomic E-state index is 0. The lowest BCUT2D eigenvalue weighted by molar-refractivity contribution is -0.138. The van der Waals surface area contributed by atoms with E-state index in [1.807, 2.05) is 35.2 Å². The van der Waals surface area contributed by atoms with Gasteiger partial charge in [0.2, 0.25) is 5.91 Å². The average molecular weight is 311 g/mol. The van der Waals surface area contributed by atoms with Crippen LogP contribution in [0.3, 0.4) is 0 Å². The van der Waals surface area contributed by atoms with E-state index in [1.165, 1.54) is 0 Å². The Balaban J connectivity index is 0.00000161. The van der Waals surface area contributed by atoms with Crippen LogP contribution in [0, 0.1) is 11.8 Å². The monoisotopic (exact) mass is 310 g/mol. The minimum Gasteiger partial charge on any atom is -0.493 e. The van der Waals surface area contributed by atoms with Crippen molar-refractivity contribution in [1.29, 1.82) is 0 Å². The second-order valence-electron chi connectivity index (χ2n) is 5.75. The van der Waals surface area contributed by atoms with Crippen molar-refractivity contribution < 1.29 is 9.53 Å². The van der Waals surface area contributed by atoms with Gasteiger partial charge in [-0.2, -0.15) is 0 Å². The normalized spacial score (nSPS) is 19.5. The molecule has 0 bridgehead atoms. The van der Waals surface area contributed by atoms with Crippen LogP contribution in [-0.2, 0) is 4.79 Å². The lowest BCUT2D eigenvalue weighted by atomic mass is 9.95. The number of likely N-dealkylation sites (tertiary alicyclic amines) is 1. The molecule has 2 saturated heterocycles. The number of carbonyl (C=O) groups excluding carboxylic acids is 1. The molecule has 116 valence electrons. The molecule has 1 amide bonds. The summed E-state index contributed by atoms with van der Waals surface area (Å²) in [5.74, 6) is 2.07. The van der Waals surface area contributed by atoms with Crippen LogP contribution in [0.15, 0.2) is 30.3 Å². The van der Waals surface area contributed by atoms with Crippen LogP contribution < -0.4 is 10.1 Å². The van der Waals surface area contributed by atoms with Gasteiger partial charge in [-0.15, -0.1) is 12.4 Å². The summed E-state index contributed by atoms with van der Waals surface area (Å²) in [5.41, 5.74) is 0.